The summed E-state index contributed by atoms with van der Waals surface area (Å²) in [6.07, 6.45) is 1.54. The summed E-state index contributed by atoms with van der Waals surface area (Å²) >= 11 is -2.63. The molecule has 0 amide bonds. The van der Waals surface area contributed by atoms with Crippen LogP contribution in [0.25, 0.3) is 10.8 Å². The first-order valence-electron chi connectivity index (χ1n) is 3.75. The molecule has 0 N–H and O–H groups in total. The predicted octanol–water partition coefficient (Wildman–Crippen LogP) is 0.803. The Morgan fingerprint density at radius 3 is 2.93 bits per heavy atom. The van der Waals surface area contributed by atoms with Gasteiger partial charge in [0.25, 0.3) is 5.88 Å². The van der Waals surface area contributed by atoms with Crippen LogP contribution in [0.15, 0.2) is 30.5 Å². The molecule has 0 saturated heterocycles. The zero-order valence-corrected chi connectivity index (χ0v) is 7.73. The third-order valence-corrected chi connectivity index (χ3v) is 1.98. The van der Waals surface area contributed by atoms with Gasteiger partial charge >= 0.3 is 0 Å². The lowest BCUT2D eigenvalue weighted by Gasteiger charge is -2.07. The Bertz CT molecular complexity index is 483. The molecule has 0 spiro atoms. The normalized spacial score (nSPS) is 12.6. The minimum Gasteiger partial charge on any atom is -0.740 e. The van der Waals surface area contributed by atoms with E-state index in [4.69, 9.17) is 0 Å². The first kappa shape index (κ1) is 9.04. The Hall–Kier alpha value is -1.53. The van der Waals surface area contributed by atoms with Crippen LogP contribution < -0.4 is 4.18 Å². The molecule has 0 fully saturated rings. The van der Waals surface area contributed by atoms with Crippen LogP contribution in [0.1, 0.15) is 0 Å². The molecule has 1 heterocycles. The lowest BCUT2D eigenvalue weighted by Crippen LogP contribution is -2.01. The molecule has 0 saturated carbocycles. The summed E-state index contributed by atoms with van der Waals surface area (Å²) in [5.41, 5.74) is 0. The maximum Gasteiger partial charge on any atom is 0.256 e. The van der Waals surface area contributed by atoms with Crippen LogP contribution in [0, 0.1) is 0 Å². The van der Waals surface area contributed by atoms with E-state index in [9.17, 15) is 8.76 Å². The highest BCUT2D eigenvalue weighted by atomic mass is 32.2. The van der Waals surface area contributed by atoms with Crippen LogP contribution in [0.3, 0.4) is 0 Å². The smallest absolute Gasteiger partial charge is 0.256 e. The van der Waals surface area contributed by atoms with Crippen molar-refractivity contribution in [3.8, 4) is 5.88 Å². The predicted molar refractivity (Wildman–Crippen MR) is 49.1 cm³/mol. The Kier molecular flexibility index (Phi) is 2.38. The average Bonchev–Trinajstić information content (AvgIpc) is 2.18. The van der Waals surface area contributed by atoms with E-state index in [1.54, 1.807) is 18.2 Å². The minimum atomic E-state index is -2.63. The molecule has 72 valence electrons. The zero-order valence-electron chi connectivity index (χ0n) is 6.91. The van der Waals surface area contributed by atoms with Crippen LogP contribution in [0.2, 0.25) is 0 Å². The van der Waals surface area contributed by atoms with Crippen molar-refractivity contribution in [1.82, 2.24) is 10.2 Å². The van der Waals surface area contributed by atoms with Gasteiger partial charge in [0.1, 0.15) is 11.4 Å². The van der Waals surface area contributed by atoms with Gasteiger partial charge < -0.3 is 8.74 Å². The van der Waals surface area contributed by atoms with Gasteiger partial charge in [0.05, 0.1) is 6.20 Å². The van der Waals surface area contributed by atoms with E-state index >= 15 is 0 Å². The maximum atomic E-state index is 10.3. The summed E-state index contributed by atoms with van der Waals surface area (Å²) in [6, 6.07) is 7.10. The molecule has 0 radical (unpaired) electrons. The van der Waals surface area contributed by atoms with Gasteiger partial charge in [0.2, 0.25) is 0 Å². The van der Waals surface area contributed by atoms with Crippen LogP contribution in [0.5, 0.6) is 5.88 Å². The van der Waals surface area contributed by atoms with Gasteiger partial charge in [-0.05, 0) is 6.07 Å². The van der Waals surface area contributed by atoms with Crippen molar-refractivity contribution in [2.75, 3.05) is 0 Å². The second kappa shape index (κ2) is 3.69. The quantitative estimate of drug-likeness (QED) is 0.684. The van der Waals surface area contributed by atoms with E-state index < -0.39 is 11.4 Å². The minimum absolute atomic E-state index is 0.00330. The van der Waals surface area contributed by atoms with E-state index in [1.165, 1.54) is 6.20 Å². The summed E-state index contributed by atoms with van der Waals surface area (Å²) in [6.45, 7) is 0. The molecule has 1 unspecified atom stereocenters. The van der Waals surface area contributed by atoms with Crippen molar-refractivity contribution >= 4 is 22.1 Å². The molecule has 2 aromatic rings. The molecule has 0 bridgehead atoms. The fraction of sp³-hybridized carbons (Fsp3) is 0. The van der Waals surface area contributed by atoms with Crippen LogP contribution in [-0.4, -0.2) is 19.0 Å². The van der Waals surface area contributed by atoms with Crippen molar-refractivity contribution in [1.29, 1.82) is 0 Å². The molecule has 0 aliphatic rings. The monoisotopic (exact) mass is 209 g/mol. The number of hydrogen-bond donors (Lipinski definition) is 0. The Morgan fingerprint density at radius 1 is 1.36 bits per heavy atom. The molecule has 1 aromatic heterocycles. The molecule has 0 aliphatic carbocycles. The fourth-order valence-electron chi connectivity index (χ4n) is 1.13. The van der Waals surface area contributed by atoms with Gasteiger partial charge in [0, 0.05) is 10.8 Å². The summed E-state index contributed by atoms with van der Waals surface area (Å²) in [7, 11) is 0. The summed E-state index contributed by atoms with van der Waals surface area (Å²) < 4.78 is 25.1. The van der Waals surface area contributed by atoms with Crippen LogP contribution >= 0.6 is 0 Å². The third-order valence-electron chi connectivity index (χ3n) is 1.68. The fourth-order valence-corrected chi connectivity index (χ4v) is 1.38. The van der Waals surface area contributed by atoms with Gasteiger partial charge in [-0.2, -0.15) is 5.10 Å². The lowest BCUT2D eigenvalue weighted by molar-refractivity contribution is 0.433. The van der Waals surface area contributed by atoms with E-state index in [0.717, 1.165) is 5.39 Å². The summed E-state index contributed by atoms with van der Waals surface area (Å²) in [5, 5.41) is 8.60. The van der Waals surface area contributed by atoms with E-state index in [2.05, 4.69) is 14.4 Å². The molecular weight excluding hydrogens is 204 g/mol. The van der Waals surface area contributed by atoms with Gasteiger partial charge in [-0.1, -0.05) is 18.2 Å². The van der Waals surface area contributed by atoms with Crippen molar-refractivity contribution in [3.63, 3.8) is 0 Å². The SMILES string of the molecule is O=S([O-])Oc1nncc2ccccc12. The Labute approximate surface area is 82.2 Å². The second-order valence-electron chi connectivity index (χ2n) is 2.52. The highest BCUT2D eigenvalue weighted by Gasteiger charge is 2.03. The first-order chi connectivity index (χ1) is 6.77. The molecule has 1 atom stereocenters. The molecule has 5 nitrogen and oxygen atoms in total. The second-order valence-corrected chi connectivity index (χ2v) is 3.10. The van der Waals surface area contributed by atoms with Crippen molar-refractivity contribution in [2.24, 2.45) is 0 Å². The van der Waals surface area contributed by atoms with Crippen LogP contribution in [-0.2, 0) is 11.4 Å². The third kappa shape index (κ3) is 1.70. The molecule has 1 aromatic carbocycles. The van der Waals surface area contributed by atoms with Gasteiger partial charge in [0.15, 0.2) is 0 Å². The molecule has 6 heteroatoms. The van der Waals surface area contributed by atoms with Crippen molar-refractivity contribution in [3.05, 3.63) is 30.5 Å². The molecule has 2 rings (SSSR count). The standard InChI is InChI=1S/C8H6N2O3S/c11-14(12)13-8-7-4-2-1-3-6(7)5-9-10-8/h1-5H,(H,11,12)/p-1. The Balaban J connectivity index is 2.59. The summed E-state index contributed by atoms with van der Waals surface area (Å²) in [4.78, 5) is 0. The molecule has 14 heavy (non-hydrogen) atoms. The van der Waals surface area contributed by atoms with Crippen molar-refractivity contribution in [2.45, 2.75) is 0 Å². The first-order valence-corrected chi connectivity index (χ1v) is 4.75. The lowest BCUT2D eigenvalue weighted by atomic mass is 10.2. The Morgan fingerprint density at radius 2 is 2.14 bits per heavy atom. The number of hydrogen-bond acceptors (Lipinski definition) is 5. The van der Waals surface area contributed by atoms with Gasteiger partial charge in [-0.25, -0.2) is 4.21 Å². The zero-order chi connectivity index (χ0) is 9.97. The highest BCUT2D eigenvalue weighted by molar-refractivity contribution is 7.74. The largest absolute Gasteiger partial charge is 0.740 e. The topological polar surface area (TPSA) is 75.1 Å². The van der Waals surface area contributed by atoms with Gasteiger partial charge in [-0.3, -0.25) is 0 Å². The van der Waals surface area contributed by atoms with E-state index in [0.29, 0.717) is 5.39 Å². The number of nitrogens with zero attached hydrogens (tertiary/aromatic N) is 2. The number of fused-ring (bicyclic) bond motifs is 1. The van der Waals surface area contributed by atoms with E-state index in [-0.39, 0.29) is 5.88 Å². The van der Waals surface area contributed by atoms with Crippen molar-refractivity contribution < 1.29 is 12.9 Å². The van der Waals surface area contributed by atoms with Gasteiger partial charge in [-0.15, -0.1) is 5.10 Å². The number of rotatable bonds is 2. The number of aromatic nitrogens is 2. The maximum absolute atomic E-state index is 10.3. The van der Waals surface area contributed by atoms with E-state index in [1.807, 2.05) is 6.07 Å². The molecule has 0 aliphatic heterocycles. The number of benzene rings is 1. The van der Waals surface area contributed by atoms with Crippen LogP contribution in [0.4, 0.5) is 0 Å². The summed E-state index contributed by atoms with van der Waals surface area (Å²) in [5.74, 6) is -0.00330. The average molecular weight is 209 g/mol. The molecular formula is C8H5N2O3S-. The highest BCUT2D eigenvalue weighted by Crippen LogP contribution is 2.21.